The van der Waals surface area contributed by atoms with E-state index in [9.17, 15) is 0 Å². The van der Waals surface area contributed by atoms with E-state index in [0.29, 0.717) is 27.9 Å². The Morgan fingerprint density at radius 1 is 1.35 bits per heavy atom. The highest BCUT2D eigenvalue weighted by Gasteiger charge is 2.10. The number of hydrogen-bond donors (Lipinski definition) is 3. The predicted octanol–water partition coefficient (Wildman–Crippen LogP) is 0.592. The third-order valence-corrected chi connectivity index (χ3v) is 2.90. The number of hydrogen-bond acceptors (Lipinski definition) is 7. The molecule has 0 saturated carbocycles. The van der Waals surface area contributed by atoms with Crippen molar-refractivity contribution < 1.29 is 0 Å². The van der Waals surface area contributed by atoms with Crippen LogP contribution in [-0.4, -0.2) is 22.1 Å². The first-order valence-corrected chi connectivity index (χ1v) is 6.22. The van der Waals surface area contributed by atoms with E-state index in [1.165, 1.54) is 17.6 Å². The average Bonchev–Trinajstić information content (AvgIpc) is 2.84. The van der Waals surface area contributed by atoms with Crippen LogP contribution in [0.3, 0.4) is 0 Å². The highest BCUT2D eigenvalue weighted by atomic mass is 32.1. The van der Waals surface area contributed by atoms with E-state index in [2.05, 4.69) is 20.0 Å². The molecule has 8 nitrogen and oxygen atoms in total. The van der Waals surface area contributed by atoms with Gasteiger partial charge in [-0.25, -0.2) is 9.97 Å². The van der Waals surface area contributed by atoms with Gasteiger partial charge in [0.05, 0.1) is 0 Å². The largest absolute Gasteiger partial charge is 0.384 e. The summed E-state index contributed by atoms with van der Waals surface area (Å²) < 4.78 is 0. The van der Waals surface area contributed by atoms with Crippen molar-refractivity contribution in [3.63, 3.8) is 0 Å². The Hall–Kier alpha value is -2.99. The zero-order valence-corrected chi connectivity index (χ0v) is 11.0. The highest BCUT2D eigenvalue weighted by molar-refractivity contribution is 7.13. The van der Waals surface area contributed by atoms with Gasteiger partial charge < -0.3 is 17.2 Å². The van der Waals surface area contributed by atoms with Crippen LogP contribution in [0.2, 0.25) is 0 Å². The summed E-state index contributed by atoms with van der Waals surface area (Å²) in [5.41, 5.74) is 18.0. The lowest BCUT2D eigenvalue weighted by Crippen LogP contribution is -2.21. The van der Waals surface area contributed by atoms with Crippen LogP contribution in [-0.2, 0) is 0 Å². The molecule has 2 aromatic rings. The number of anilines is 1. The lowest BCUT2D eigenvalue weighted by atomic mass is 10.1. The molecule has 0 bridgehead atoms. The van der Waals surface area contributed by atoms with Crippen LogP contribution in [0.25, 0.3) is 11.4 Å². The van der Waals surface area contributed by atoms with Gasteiger partial charge >= 0.3 is 0 Å². The molecule has 0 aliphatic heterocycles. The van der Waals surface area contributed by atoms with Crippen molar-refractivity contribution in [2.24, 2.45) is 21.5 Å². The number of aliphatic imine (C=N–C) groups is 2. The van der Waals surface area contributed by atoms with Crippen molar-refractivity contribution in [3.05, 3.63) is 23.1 Å². The molecule has 9 heteroatoms. The molecule has 0 radical (unpaired) electrons. The molecule has 0 unspecified atom stereocenters. The zero-order chi connectivity index (χ0) is 14.5. The van der Waals surface area contributed by atoms with Gasteiger partial charge in [0.25, 0.3) is 0 Å². The molecule has 0 aromatic carbocycles. The molecule has 0 aliphatic rings. The Kier molecular flexibility index (Phi) is 3.88. The van der Waals surface area contributed by atoms with Gasteiger partial charge in [-0.2, -0.15) is 15.2 Å². The Morgan fingerprint density at radius 2 is 2.15 bits per heavy atom. The second-order valence-electron chi connectivity index (χ2n) is 3.58. The zero-order valence-electron chi connectivity index (χ0n) is 10.2. The molecule has 0 saturated heterocycles. The molecule has 6 N–H and O–H groups in total. The first-order valence-electron chi connectivity index (χ1n) is 5.34. The third kappa shape index (κ3) is 3.06. The fourth-order valence-electron chi connectivity index (χ4n) is 1.43. The van der Waals surface area contributed by atoms with Gasteiger partial charge in [0.1, 0.15) is 17.2 Å². The smallest absolute Gasteiger partial charge is 0.212 e. The summed E-state index contributed by atoms with van der Waals surface area (Å²) in [5, 5.41) is 10.6. The van der Waals surface area contributed by atoms with E-state index in [1.807, 2.05) is 0 Å². The van der Waals surface area contributed by atoms with Gasteiger partial charge in [0.2, 0.25) is 11.3 Å². The summed E-state index contributed by atoms with van der Waals surface area (Å²) in [4.78, 5) is 15.8. The minimum atomic E-state index is -0.0716. The molecular weight excluding hydrogens is 276 g/mol. The molecule has 2 heterocycles. The molecule has 20 heavy (non-hydrogen) atoms. The number of guanidine groups is 1. The summed E-state index contributed by atoms with van der Waals surface area (Å²) in [6.45, 7) is 0. The molecule has 0 aliphatic carbocycles. The van der Waals surface area contributed by atoms with Gasteiger partial charge in [0.15, 0.2) is 5.96 Å². The molecule has 100 valence electrons. The van der Waals surface area contributed by atoms with Crippen molar-refractivity contribution in [2.45, 2.75) is 0 Å². The molecule has 0 atom stereocenters. The first kappa shape index (κ1) is 13.4. The van der Waals surface area contributed by atoms with E-state index in [-0.39, 0.29) is 5.96 Å². The molecular formula is C11H10N8S. The van der Waals surface area contributed by atoms with E-state index in [1.54, 1.807) is 23.7 Å². The van der Waals surface area contributed by atoms with Crippen molar-refractivity contribution in [3.8, 4) is 17.6 Å². The van der Waals surface area contributed by atoms with Gasteiger partial charge in [-0.05, 0) is 12.1 Å². The number of aromatic nitrogens is 2. The Labute approximate surface area is 118 Å². The number of nitriles is 1. The van der Waals surface area contributed by atoms with Crippen molar-refractivity contribution in [1.82, 2.24) is 9.97 Å². The fourth-order valence-corrected chi connectivity index (χ4v) is 2.12. The molecule has 2 rings (SSSR count). The number of rotatable bonds is 3. The number of nitrogens with two attached hydrogens (primary N) is 3. The maximum Gasteiger partial charge on any atom is 0.212 e. The van der Waals surface area contributed by atoms with Crippen LogP contribution >= 0.6 is 11.3 Å². The van der Waals surface area contributed by atoms with Crippen LogP contribution in [0.5, 0.6) is 0 Å². The lowest BCUT2D eigenvalue weighted by Gasteiger charge is -2.02. The molecule has 0 amide bonds. The summed E-state index contributed by atoms with van der Waals surface area (Å²) in [6, 6.07) is 3.32. The summed E-state index contributed by atoms with van der Waals surface area (Å²) in [7, 11) is 0. The number of nitrogens with zero attached hydrogens (tertiary/aromatic N) is 5. The van der Waals surface area contributed by atoms with Crippen molar-refractivity contribution in [2.75, 3.05) is 5.73 Å². The van der Waals surface area contributed by atoms with Crippen LogP contribution in [0.1, 0.15) is 5.56 Å². The monoisotopic (exact) mass is 286 g/mol. The maximum absolute atomic E-state index is 8.49. The minimum Gasteiger partial charge on any atom is -0.384 e. The Bertz CT molecular complexity index is 720. The topological polar surface area (TPSA) is 152 Å². The van der Waals surface area contributed by atoms with Gasteiger partial charge in [-0.3, -0.25) is 0 Å². The van der Waals surface area contributed by atoms with E-state index in [4.69, 9.17) is 22.5 Å². The van der Waals surface area contributed by atoms with E-state index >= 15 is 0 Å². The van der Waals surface area contributed by atoms with Crippen LogP contribution in [0, 0.1) is 11.5 Å². The lowest BCUT2D eigenvalue weighted by molar-refractivity contribution is 1.26. The van der Waals surface area contributed by atoms with Crippen molar-refractivity contribution in [1.29, 1.82) is 5.26 Å². The molecule has 2 aromatic heterocycles. The summed E-state index contributed by atoms with van der Waals surface area (Å²) in [5.74, 6) is 0.267. The predicted molar refractivity (Wildman–Crippen MR) is 78.4 cm³/mol. The second-order valence-corrected chi connectivity index (χ2v) is 4.42. The van der Waals surface area contributed by atoms with Crippen LogP contribution in [0.4, 0.5) is 10.9 Å². The SMILES string of the molecule is N#CN=Cc1ccc(N)nc1-c1csc(N=C(N)N)n1. The maximum atomic E-state index is 8.49. The Morgan fingerprint density at radius 3 is 2.85 bits per heavy atom. The highest BCUT2D eigenvalue weighted by Crippen LogP contribution is 2.27. The second kappa shape index (κ2) is 5.77. The van der Waals surface area contributed by atoms with Crippen LogP contribution < -0.4 is 17.2 Å². The van der Waals surface area contributed by atoms with Gasteiger partial charge in [-0.1, -0.05) is 0 Å². The van der Waals surface area contributed by atoms with E-state index in [0.717, 1.165) is 0 Å². The normalized spacial score (nSPS) is 10.3. The van der Waals surface area contributed by atoms with Crippen molar-refractivity contribution >= 4 is 34.5 Å². The number of nitrogen functional groups attached to an aromatic ring is 1. The standard InChI is InChI=1S/C11H10N8S/c12-5-16-3-6-1-2-8(13)18-9(6)7-4-20-11(17-7)19-10(14)15/h1-4H,(H2,13,18)(H4,14,15,17,19). The quantitative estimate of drug-likeness (QED) is 0.426. The summed E-state index contributed by atoms with van der Waals surface area (Å²) in [6.07, 6.45) is 3.07. The first-order chi connectivity index (χ1) is 9.60. The third-order valence-electron chi connectivity index (χ3n) is 2.17. The Balaban J connectivity index is 2.48. The van der Waals surface area contributed by atoms with Crippen LogP contribution in [0.15, 0.2) is 27.5 Å². The van der Waals surface area contributed by atoms with Gasteiger partial charge in [-0.15, -0.1) is 11.3 Å². The average molecular weight is 286 g/mol. The fraction of sp³-hybridized carbons (Fsp3) is 0. The number of thiazole rings is 1. The molecule has 0 spiro atoms. The molecule has 0 fully saturated rings. The van der Waals surface area contributed by atoms with Gasteiger partial charge in [0, 0.05) is 17.2 Å². The summed E-state index contributed by atoms with van der Waals surface area (Å²) >= 11 is 1.26. The number of pyridine rings is 1. The van der Waals surface area contributed by atoms with E-state index < -0.39 is 0 Å². The minimum absolute atomic E-state index is 0.0716.